The van der Waals surface area contributed by atoms with Gasteiger partial charge in [0.1, 0.15) is 23.6 Å². The van der Waals surface area contributed by atoms with Gasteiger partial charge in [0.15, 0.2) is 5.96 Å². The number of benzene rings is 1. The third kappa shape index (κ3) is 5.42. The van der Waals surface area contributed by atoms with Crippen LogP contribution in [-0.4, -0.2) is 57.9 Å². The number of aliphatic imine (C=N–C) groups is 1. The van der Waals surface area contributed by atoms with Crippen molar-refractivity contribution in [3.63, 3.8) is 0 Å². The van der Waals surface area contributed by atoms with Gasteiger partial charge in [-0.2, -0.15) is 0 Å². The van der Waals surface area contributed by atoms with E-state index in [0.717, 1.165) is 55.6 Å². The summed E-state index contributed by atoms with van der Waals surface area (Å²) < 4.78 is 21.8. The van der Waals surface area contributed by atoms with Gasteiger partial charge < -0.3 is 19.5 Å². The third-order valence-electron chi connectivity index (χ3n) is 5.92. The molecule has 1 saturated heterocycles. The first-order valence-corrected chi connectivity index (χ1v) is 11.5. The van der Waals surface area contributed by atoms with Crippen LogP contribution < -0.4 is 5.32 Å². The molecule has 0 amide bonds. The summed E-state index contributed by atoms with van der Waals surface area (Å²) in [5, 5.41) is 12.2. The molecule has 168 valence electrons. The van der Waals surface area contributed by atoms with E-state index in [0.29, 0.717) is 13.1 Å². The lowest BCUT2D eigenvalue weighted by atomic mass is 10.1. The van der Waals surface area contributed by atoms with Crippen LogP contribution in [0.5, 0.6) is 0 Å². The fraction of sp³-hybridized carbons (Fsp3) is 0.609. The maximum Gasteiger partial charge on any atom is 0.194 e. The van der Waals surface area contributed by atoms with Gasteiger partial charge in [0.2, 0.25) is 0 Å². The molecule has 0 radical (unpaired) electrons. The van der Waals surface area contributed by atoms with Crippen molar-refractivity contribution >= 4 is 5.96 Å². The first kappa shape index (κ1) is 21.7. The minimum absolute atomic E-state index is 0.0555. The molecule has 0 saturated carbocycles. The van der Waals surface area contributed by atoms with E-state index in [1.54, 1.807) is 12.1 Å². The Kier molecular flexibility index (Phi) is 7.17. The highest BCUT2D eigenvalue weighted by Crippen LogP contribution is 2.25. The summed E-state index contributed by atoms with van der Waals surface area (Å²) in [6.07, 6.45) is 5.40. The Balaban J connectivity index is 1.44. The average molecular weight is 429 g/mol. The molecule has 2 atom stereocenters. The lowest BCUT2D eigenvalue weighted by Gasteiger charge is -2.38. The number of aryl methyl sites for hydroxylation is 1. The Morgan fingerprint density at radius 2 is 2.03 bits per heavy atom. The van der Waals surface area contributed by atoms with Crippen LogP contribution in [-0.2, 0) is 24.1 Å². The first-order valence-electron chi connectivity index (χ1n) is 11.5. The Hall–Kier alpha value is -2.48. The van der Waals surface area contributed by atoms with Gasteiger partial charge in [-0.3, -0.25) is 4.99 Å². The quantitative estimate of drug-likeness (QED) is 0.586. The van der Waals surface area contributed by atoms with Gasteiger partial charge >= 0.3 is 0 Å². The minimum Gasteiger partial charge on any atom is -0.367 e. The van der Waals surface area contributed by atoms with E-state index in [1.807, 2.05) is 0 Å². The first-order chi connectivity index (χ1) is 15.1. The number of fused-ring (bicyclic) bond motifs is 1. The zero-order valence-electron chi connectivity index (χ0n) is 18.6. The van der Waals surface area contributed by atoms with E-state index >= 15 is 0 Å². The lowest BCUT2D eigenvalue weighted by molar-refractivity contribution is -0.0605. The zero-order valence-corrected chi connectivity index (χ0v) is 18.6. The number of ether oxygens (including phenoxy) is 1. The lowest BCUT2D eigenvalue weighted by Crippen LogP contribution is -2.50. The highest BCUT2D eigenvalue weighted by atomic mass is 19.1. The number of hydrogen-bond donors (Lipinski definition) is 1. The van der Waals surface area contributed by atoms with E-state index in [9.17, 15) is 4.39 Å². The molecule has 2 aliphatic rings. The van der Waals surface area contributed by atoms with Gasteiger partial charge in [0, 0.05) is 39.0 Å². The van der Waals surface area contributed by atoms with Crippen LogP contribution in [0.25, 0.3) is 0 Å². The van der Waals surface area contributed by atoms with Crippen molar-refractivity contribution in [3.8, 4) is 0 Å². The largest absolute Gasteiger partial charge is 0.367 e. The highest BCUT2D eigenvalue weighted by molar-refractivity contribution is 5.80. The number of rotatable bonds is 5. The summed E-state index contributed by atoms with van der Waals surface area (Å²) in [6.45, 7) is 8.07. The van der Waals surface area contributed by atoms with E-state index in [2.05, 4.69) is 38.8 Å². The van der Waals surface area contributed by atoms with Gasteiger partial charge in [0.05, 0.1) is 12.6 Å². The molecular weight excluding hydrogens is 395 g/mol. The van der Waals surface area contributed by atoms with Crippen molar-refractivity contribution in [1.82, 2.24) is 25.0 Å². The maximum atomic E-state index is 13.3. The molecule has 8 heteroatoms. The van der Waals surface area contributed by atoms with E-state index in [1.165, 1.54) is 31.4 Å². The summed E-state index contributed by atoms with van der Waals surface area (Å²) in [5.41, 5.74) is 0.986. The molecule has 7 nitrogen and oxygen atoms in total. The van der Waals surface area contributed by atoms with Crippen LogP contribution in [0.1, 0.15) is 56.4 Å². The number of nitrogens with zero attached hydrogens (tertiary/aromatic N) is 5. The molecule has 1 aromatic carbocycles. The van der Waals surface area contributed by atoms with E-state index in [4.69, 9.17) is 9.73 Å². The molecule has 1 fully saturated rings. The molecule has 4 rings (SSSR count). The monoisotopic (exact) mass is 428 g/mol. The second kappa shape index (κ2) is 10.2. The second-order valence-electron chi connectivity index (χ2n) is 8.37. The second-order valence-corrected chi connectivity index (χ2v) is 8.37. The van der Waals surface area contributed by atoms with Crippen molar-refractivity contribution in [2.24, 2.45) is 4.99 Å². The fourth-order valence-electron chi connectivity index (χ4n) is 4.40. The Labute approximate surface area is 183 Å². The predicted octanol–water partition coefficient (Wildman–Crippen LogP) is 3.11. The van der Waals surface area contributed by atoms with Gasteiger partial charge in [-0.25, -0.2) is 4.39 Å². The number of aromatic nitrogens is 3. The van der Waals surface area contributed by atoms with E-state index < -0.39 is 0 Å². The van der Waals surface area contributed by atoms with Crippen LogP contribution in [0.15, 0.2) is 29.3 Å². The molecule has 2 unspecified atom stereocenters. The van der Waals surface area contributed by atoms with Crippen molar-refractivity contribution in [2.75, 3.05) is 26.2 Å². The summed E-state index contributed by atoms with van der Waals surface area (Å²) in [5.74, 6) is 2.81. The van der Waals surface area contributed by atoms with Gasteiger partial charge in [-0.15, -0.1) is 10.2 Å². The molecule has 1 N–H and O–H groups in total. The molecule has 31 heavy (non-hydrogen) atoms. The van der Waals surface area contributed by atoms with Crippen LogP contribution in [0.4, 0.5) is 4.39 Å². The molecule has 1 aromatic heterocycles. The Morgan fingerprint density at radius 3 is 2.84 bits per heavy atom. The van der Waals surface area contributed by atoms with Crippen LogP contribution >= 0.6 is 0 Å². The summed E-state index contributed by atoms with van der Waals surface area (Å²) in [6, 6.07) is 6.58. The van der Waals surface area contributed by atoms with Gasteiger partial charge in [0.25, 0.3) is 0 Å². The average Bonchev–Trinajstić information content (AvgIpc) is 2.99. The third-order valence-corrected chi connectivity index (χ3v) is 5.92. The summed E-state index contributed by atoms with van der Waals surface area (Å²) >= 11 is 0. The minimum atomic E-state index is -0.231. The molecule has 3 heterocycles. The normalized spacial score (nSPS) is 22.2. The van der Waals surface area contributed by atoms with E-state index in [-0.39, 0.29) is 18.0 Å². The van der Waals surface area contributed by atoms with Crippen molar-refractivity contribution in [3.05, 3.63) is 47.3 Å². The molecule has 0 spiro atoms. The van der Waals surface area contributed by atoms with Crippen molar-refractivity contribution < 1.29 is 9.13 Å². The fourth-order valence-corrected chi connectivity index (χ4v) is 4.40. The van der Waals surface area contributed by atoms with Gasteiger partial charge in [-0.05, 0) is 44.4 Å². The number of halogens is 1. The zero-order chi connectivity index (χ0) is 21.6. The van der Waals surface area contributed by atoms with Crippen molar-refractivity contribution in [1.29, 1.82) is 0 Å². The number of morpholine rings is 1. The molecule has 0 bridgehead atoms. The number of guanidine groups is 1. The van der Waals surface area contributed by atoms with Crippen LogP contribution in [0.3, 0.4) is 0 Å². The summed E-state index contributed by atoms with van der Waals surface area (Å²) in [7, 11) is 0. The predicted molar refractivity (Wildman–Crippen MR) is 119 cm³/mol. The van der Waals surface area contributed by atoms with Crippen LogP contribution in [0, 0.1) is 5.82 Å². The Morgan fingerprint density at radius 1 is 1.19 bits per heavy atom. The molecule has 0 aliphatic carbocycles. The number of nitrogens with one attached hydrogen (secondary N) is 1. The topological polar surface area (TPSA) is 67.6 Å². The van der Waals surface area contributed by atoms with Gasteiger partial charge in [-0.1, -0.05) is 18.6 Å². The molecule has 2 aromatic rings. The number of hydrogen-bond acceptors (Lipinski definition) is 4. The standard InChI is InChI=1S/C23H33FN6O/c1-3-25-23(26-13-12-22-28-27-21-7-5-4-6-14-30(21)22)29-15-17(2)31-20(16-29)18-8-10-19(24)11-9-18/h8-11,17,20H,3-7,12-16H2,1-2H3,(H,25,26). The molecule has 2 aliphatic heterocycles. The van der Waals surface area contributed by atoms with Crippen LogP contribution in [0.2, 0.25) is 0 Å². The smallest absolute Gasteiger partial charge is 0.194 e. The summed E-state index contributed by atoms with van der Waals surface area (Å²) in [4.78, 5) is 7.14. The SMILES string of the molecule is CCNC(=NCCc1nnc2n1CCCCC2)N1CC(C)OC(c2ccc(F)cc2)C1. The van der Waals surface area contributed by atoms with Crippen molar-refractivity contribution in [2.45, 2.75) is 64.7 Å². The molecular formula is C23H33FN6O. The maximum absolute atomic E-state index is 13.3. The highest BCUT2D eigenvalue weighted by Gasteiger charge is 2.28. The Bertz CT molecular complexity index is 881.